The van der Waals surface area contributed by atoms with Crippen LogP contribution >= 0.6 is 0 Å². The number of rotatable bonds is 9. The fourth-order valence-corrected chi connectivity index (χ4v) is 5.96. The molecular formula is C30H40O7. The highest BCUT2D eigenvalue weighted by atomic mass is 16.6. The van der Waals surface area contributed by atoms with Gasteiger partial charge in [0.05, 0.1) is 23.9 Å². The molecule has 37 heavy (non-hydrogen) atoms. The van der Waals surface area contributed by atoms with Crippen LogP contribution in [0.2, 0.25) is 0 Å². The van der Waals surface area contributed by atoms with Crippen LogP contribution in [0.4, 0.5) is 0 Å². The van der Waals surface area contributed by atoms with E-state index in [-0.39, 0.29) is 35.7 Å². The molecule has 8 atom stereocenters. The highest BCUT2D eigenvalue weighted by molar-refractivity contribution is 5.96. The van der Waals surface area contributed by atoms with E-state index in [0.717, 1.165) is 18.4 Å². The van der Waals surface area contributed by atoms with Gasteiger partial charge in [0.25, 0.3) is 0 Å². The number of hydrogen-bond acceptors (Lipinski definition) is 7. The van der Waals surface area contributed by atoms with Crippen molar-refractivity contribution >= 4 is 11.8 Å². The van der Waals surface area contributed by atoms with Crippen LogP contribution in [0.5, 0.6) is 5.75 Å². The molecule has 0 aromatic heterocycles. The number of carbonyl (C=O) groups excluding carboxylic acids is 2. The highest BCUT2D eigenvalue weighted by Crippen LogP contribution is 2.44. The lowest BCUT2D eigenvalue weighted by molar-refractivity contribution is -0.163. The van der Waals surface area contributed by atoms with E-state index in [1.165, 1.54) is 6.92 Å². The van der Waals surface area contributed by atoms with E-state index in [1.54, 1.807) is 24.3 Å². The van der Waals surface area contributed by atoms with Crippen molar-refractivity contribution in [3.8, 4) is 5.75 Å². The van der Waals surface area contributed by atoms with Gasteiger partial charge in [0.2, 0.25) is 0 Å². The summed E-state index contributed by atoms with van der Waals surface area (Å²) in [6, 6.07) is 6.90. The Balaban J connectivity index is 1.49. The van der Waals surface area contributed by atoms with Gasteiger partial charge in [-0.1, -0.05) is 44.2 Å². The molecule has 0 radical (unpaired) electrons. The normalized spacial score (nSPS) is 32.1. The molecule has 1 heterocycles. The maximum absolute atomic E-state index is 13.3. The zero-order valence-corrected chi connectivity index (χ0v) is 22.0. The number of aliphatic hydroxyl groups is 2. The van der Waals surface area contributed by atoms with Gasteiger partial charge >= 0.3 is 5.97 Å². The minimum absolute atomic E-state index is 0.0312. The molecule has 0 spiro atoms. The molecule has 1 aromatic carbocycles. The molecule has 2 aliphatic carbocycles. The van der Waals surface area contributed by atoms with Crippen LogP contribution in [0, 0.1) is 17.8 Å². The molecule has 0 amide bonds. The molecule has 2 N–H and O–H groups in total. The number of aliphatic hydroxyl groups excluding tert-OH is 2. The lowest BCUT2D eigenvalue weighted by atomic mass is 9.66. The van der Waals surface area contributed by atoms with Crippen LogP contribution in [0.25, 0.3) is 0 Å². The molecule has 1 aromatic rings. The summed E-state index contributed by atoms with van der Waals surface area (Å²) in [7, 11) is 0. The Kier molecular flexibility index (Phi) is 9.22. The average Bonchev–Trinajstić information content (AvgIpc) is 2.87. The van der Waals surface area contributed by atoms with Crippen LogP contribution in [-0.4, -0.2) is 59.1 Å². The Morgan fingerprint density at radius 1 is 1.16 bits per heavy atom. The summed E-state index contributed by atoms with van der Waals surface area (Å²) in [5, 5.41) is 20.6. The van der Waals surface area contributed by atoms with Crippen molar-refractivity contribution in [2.75, 3.05) is 6.61 Å². The molecule has 0 saturated carbocycles. The number of carbonyl (C=O) groups is 2. The molecule has 1 saturated heterocycles. The van der Waals surface area contributed by atoms with Gasteiger partial charge in [-0.15, -0.1) is 0 Å². The summed E-state index contributed by atoms with van der Waals surface area (Å²) in [6.07, 6.45) is 7.51. The Labute approximate surface area is 219 Å². The van der Waals surface area contributed by atoms with E-state index in [4.69, 9.17) is 14.2 Å². The van der Waals surface area contributed by atoms with Gasteiger partial charge in [-0.05, 0) is 68.6 Å². The first kappa shape index (κ1) is 27.6. The van der Waals surface area contributed by atoms with Gasteiger partial charge in [-0.3, -0.25) is 4.79 Å². The lowest BCUT2D eigenvalue weighted by Gasteiger charge is -2.43. The lowest BCUT2D eigenvalue weighted by Crippen LogP contribution is -2.44. The average molecular weight is 513 g/mol. The molecular weight excluding hydrogens is 472 g/mol. The Bertz CT molecular complexity index is 1010. The SMILES string of the molecule is CCC(Oc1ccccc1C(C)=O)C(=O)O[C@H]1C[C@H](O)C=C2C=C[C@H](C)[C@H](CC[C@@H]3C[C@H](O)CCO3)[C@H]21. The zero-order valence-electron chi connectivity index (χ0n) is 22.0. The van der Waals surface area contributed by atoms with Gasteiger partial charge in [0.15, 0.2) is 11.9 Å². The summed E-state index contributed by atoms with van der Waals surface area (Å²) in [4.78, 5) is 25.4. The quantitative estimate of drug-likeness (QED) is 0.373. The van der Waals surface area contributed by atoms with E-state index < -0.39 is 24.3 Å². The number of esters is 1. The molecule has 1 aliphatic heterocycles. The predicted molar refractivity (Wildman–Crippen MR) is 139 cm³/mol. The summed E-state index contributed by atoms with van der Waals surface area (Å²) in [5.41, 5.74) is 1.42. The Morgan fingerprint density at radius 3 is 2.68 bits per heavy atom. The molecule has 1 unspecified atom stereocenters. The number of para-hydroxylation sites is 1. The maximum atomic E-state index is 13.3. The van der Waals surface area contributed by atoms with Gasteiger partial charge in [0, 0.05) is 18.9 Å². The Hall–Kier alpha value is -2.48. The molecule has 0 bridgehead atoms. The third-order valence-corrected chi connectivity index (χ3v) is 7.97. The van der Waals surface area contributed by atoms with Crippen molar-refractivity contribution in [2.45, 2.75) is 89.8 Å². The van der Waals surface area contributed by atoms with E-state index in [9.17, 15) is 19.8 Å². The van der Waals surface area contributed by atoms with E-state index in [2.05, 4.69) is 13.0 Å². The van der Waals surface area contributed by atoms with Crippen LogP contribution in [-0.2, 0) is 14.3 Å². The number of Topliss-reactive ketones (excluding diaryl/α,β-unsaturated/α-hetero) is 1. The summed E-state index contributed by atoms with van der Waals surface area (Å²) in [5.74, 6) is 0.187. The minimum Gasteiger partial charge on any atom is -0.478 e. The van der Waals surface area contributed by atoms with Crippen molar-refractivity contribution in [3.05, 3.63) is 53.6 Å². The molecule has 7 heteroatoms. The Morgan fingerprint density at radius 2 is 1.95 bits per heavy atom. The summed E-state index contributed by atoms with van der Waals surface area (Å²) < 4.78 is 18.0. The molecule has 202 valence electrons. The third kappa shape index (κ3) is 6.70. The van der Waals surface area contributed by atoms with Crippen molar-refractivity contribution in [1.82, 2.24) is 0 Å². The maximum Gasteiger partial charge on any atom is 0.347 e. The monoisotopic (exact) mass is 512 g/mol. The largest absolute Gasteiger partial charge is 0.478 e. The number of ether oxygens (including phenoxy) is 3. The molecule has 3 aliphatic rings. The first-order valence-electron chi connectivity index (χ1n) is 13.6. The van der Waals surface area contributed by atoms with Gasteiger partial charge in [0.1, 0.15) is 11.9 Å². The topological polar surface area (TPSA) is 102 Å². The minimum atomic E-state index is -0.862. The van der Waals surface area contributed by atoms with E-state index >= 15 is 0 Å². The first-order chi connectivity index (χ1) is 17.8. The molecule has 1 fully saturated rings. The van der Waals surface area contributed by atoms with Crippen LogP contribution in [0.15, 0.2) is 48.1 Å². The van der Waals surface area contributed by atoms with Crippen molar-refractivity contribution in [1.29, 1.82) is 0 Å². The second-order valence-electron chi connectivity index (χ2n) is 10.7. The zero-order chi connectivity index (χ0) is 26.5. The second kappa shape index (κ2) is 12.4. The summed E-state index contributed by atoms with van der Waals surface area (Å²) >= 11 is 0. The van der Waals surface area contributed by atoms with Crippen molar-refractivity contribution in [2.24, 2.45) is 17.8 Å². The number of fused-ring (bicyclic) bond motifs is 1. The van der Waals surface area contributed by atoms with Crippen molar-refractivity contribution in [3.63, 3.8) is 0 Å². The number of ketones is 1. The smallest absolute Gasteiger partial charge is 0.347 e. The van der Waals surface area contributed by atoms with Gasteiger partial charge < -0.3 is 24.4 Å². The molecule has 7 nitrogen and oxygen atoms in total. The van der Waals surface area contributed by atoms with Gasteiger partial charge in [-0.25, -0.2) is 4.79 Å². The first-order valence-corrected chi connectivity index (χ1v) is 13.6. The van der Waals surface area contributed by atoms with Crippen LogP contribution in [0.3, 0.4) is 0 Å². The van der Waals surface area contributed by atoms with E-state index in [1.807, 2.05) is 19.1 Å². The highest BCUT2D eigenvalue weighted by Gasteiger charge is 2.43. The van der Waals surface area contributed by atoms with Crippen LogP contribution < -0.4 is 4.74 Å². The molecule has 4 rings (SSSR count). The number of benzene rings is 1. The summed E-state index contributed by atoms with van der Waals surface area (Å²) in [6.45, 7) is 6.07. The third-order valence-electron chi connectivity index (χ3n) is 7.97. The van der Waals surface area contributed by atoms with Crippen molar-refractivity contribution < 1.29 is 34.0 Å². The fourth-order valence-electron chi connectivity index (χ4n) is 5.96. The second-order valence-corrected chi connectivity index (χ2v) is 10.7. The fraction of sp³-hybridized carbons (Fsp3) is 0.600. The standard InChI is InChI=1S/C30H40O7/c1-4-26(36-27-8-6-5-7-25(27)19(3)31)30(34)37-28-17-22(33)15-20-10-9-18(2)24(29(20)28)12-11-23-16-21(32)13-14-35-23/h5-10,15,18,21-24,26,28-29,32-33H,4,11-14,16-17H2,1-3H3/t18-,21+,22+,23+,24-,26?,28-,29-/m0/s1. The van der Waals surface area contributed by atoms with E-state index in [0.29, 0.717) is 43.6 Å². The predicted octanol–water partition coefficient (Wildman–Crippen LogP) is 4.41. The van der Waals surface area contributed by atoms with Gasteiger partial charge in [-0.2, -0.15) is 0 Å². The number of allylic oxidation sites excluding steroid dienone is 2. The number of hydrogen-bond donors (Lipinski definition) is 2. The van der Waals surface area contributed by atoms with Crippen LogP contribution in [0.1, 0.15) is 69.7 Å².